The van der Waals surface area contributed by atoms with Gasteiger partial charge in [0.2, 0.25) is 5.88 Å². The van der Waals surface area contributed by atoms with Gasteiger partial charge in [0.25, 0.3) is 0 Å². The number of aliphatic imine (C=N–C) groups is 1. The van der Waals surface area contributed by atoms with Crippen LogP contribution in [0.4, 0.5) is 10.1 Å². The summed E-state index contributed by atoms with van der Waals surface area (Å²) in [5, 5.41) is 3.24. The Morgan fingerprint density at radius 1 is 1.33 bits per heavy atom. The number of hydrogen-bond donors (Lipinski definition) is 1. The first-order valence-corrected chi connectivity index (χ1v) is 7.59. The Morgan fingerprint density at radius 2 is 2.17 bits per heavy atom. The van der Waals surface area contributed by atoms with Crippen molar-refractivity contribution in [1.29, 1.82) is 0 Å². The molecule has 7 heteroatoms. The van der Waals surface area contributed by atoms with Crippen LogP contribution in [0.2, 0.25) is 0 Å². The van der Waals surface area contributed by atoms with E-state index in [1.54, 1.807) is 7.05 Å². The molecule has 2 heterocycles. The molecule has 0 spiro atoms. The van der Waals surface area contributed by atoms with Gasteiger partial charge in [0, 0.05) is 25.5 Å². The van der Waals surface area contributed by atoms with E-state index in [9.17, 15) is 4.39 Å². The minimum Gasteiger partial charge on any atom is -0.474 e. The highest BCUT2D eigenvalue weighted by Crippen LogP contribution is 2.27. The van der Waals surface area contributed by atoms with E-state index in [1.165, 1.54) is 29.6 Å². The number of halogens is 2. The molecule has 24 heavy (non-hydrogen) atoms. The van der Waals surface area contributed by atoms with Crippen molar-refractivity contribution in [2.45, 2.75) is 6.42 Å². The number of fused-ring (bicyclic) bond motifs is 1. The van der Waals surface area contributed by atoms with E-state index in [2.05, 4.69) is 32.3 Å². The first kappa shape index (κ1) is 18.4. The molecule has 0 saturated heterocycles. The maximum absolute atomic E-state index is 13.4. The summed E-state index contributed by atoms with van der Waals surface area (Å²) in [4.78, 5) is 10.3. The smallest absolute Gasteiger partial charge is 0.250 e. The summed E-state index contributed by atoms with van der Waals surface area (Å²) < 4.78 is 18.8. The molecular formula is C17H20FIN4O. The van der Waals surface area contributed by atoms with Crippen LogP contribution in [0.15, 0.2) is 47.6 Å². The summed E-state index contributed by atoms with van der Waals surface area (Å²) in [5.74, 6) is 0.362. The molecule has 2 aromatic rings. The maximum atomic E-state index is 13.4. The van der Waals surface area contributed by atoms with Crippen LogP contribution >= 0.6 is 24.0 Å². The fourth-order valence-corrected chi connectivity index (χ4v) is 2.64. The van der Waals surface area contributed by atoms with E-state index in [1.807, 2.05) is 12.1 Å². The number of guanidine groups is 1. The fourth-order valence-electron chi connectivity index (χ4n) is 2.64. The molecule has 5 nitrogen and oxygen atoms in total. The fraction of sp³-hybridized carbons (Fsp3) is 0.294. The van der Waals surface area contributed by atoms with Gasteiger partial charge in [0.15, 0.2) is 11.8 Å². The van der Waals surface area contributed by atoms with Gasteiger partial charge in [-0.25, -0.2) is 9.37 Å². The molecule has 1 aromatic heterocycles. The number of pyridine rings is 1. The van der Waals surface area contributed by atoms with Crippen molar-refractivity contribution in [3.8, 4) is 5.88 Å². The Hall–Kier alpha value is -1.90. The standard InChI is InChI=1S/C17H19FN4O.HI/c1-19-17(22-11-8-13-5-2-3-7-15(13)22)21-10-12-23-16-14(18)6-4-9-20-16;/h2-7,9H,8,10-12H2,1H3,(H,19,21);1H. The Labute approximate surface area is 158 Å². The lowest BCUT2D eigenvalue weighted by atomic mass is 10.2. The van der Waals surface area contributed by atoms with Gasteiger partial charge >= 0.3 is 0 Å². The largest absolute Gasteiger partial charge is 0.474 e. The average molecular weight is 442 g/mol. The van der Waals surface area contributed by atoms with E-state index in [-0.39, 0.29) is 29.9 Å². The highest BCUT2D eigenvalue weighted by molar-refractivity contribution is 14.0. The van der Waals surface area contributed by atoms with Gasteiger partial charge in [-0.15, -0.1) is 24.0 Å². The van der Waals surface area contributed by atoms with Gasteiger partial charge in [-0.3, -0.25) is 4.99 Å². The predicted molar refractivity (Wildman–Crippen MR) is 104 cm³/mol. The van der Waals surface area contributed by atoms with Gasteiger partial charge in [-0.1, -0.05) is 18.2 Å². The summed E-state index contributed by atoms with van der Waals surface area (Å²) in [6, 6.07) is 11.2. The van der Waals surface area contributed by atoms with Crippen LogP contribution in [-0.4, -0.2) is 37.7 Å². The maximum Gasteiger partial charge on any atom is 0.250 e. The van der Waals surface area contributed by atoms with E-state index in [0.29, 0.717) is 13.2 Å². The lowest BCUT2D eigenvalue weighted by Crippen LogP contribution is -2.42. The highest BCUT2D eigenvalue weighted by Gasteiger charge is 2.22. The number of ether oxygens (including phenoxy) is 1. The second-order valence-electron chi connectivity index (χ2n) is 5.14. The van der Waals surface area contributed by atoms with Gasteiger partial charge in [-0.2, -0.15) is 0 Å². The predicted octanol–water partition coefficient (Wildman–Crippen LogP) is 2.86. The number of nitrogens with one attached hydrogen (secondary N) is 1. The van der Waals surface area contributed by atoms with Crippen LogP contribution in [0.5, 0.6) is 5.88 Å². The minimum atomic E-state index is -0.453. The number of rotatable bonds is 4. The lowest BCUT2D eigenvalue weighted by molar-refractivity contribution is 0.292. The van der Waals surface area contributed by atoms with Gasteiger partial charge < -0.3 is 15.0 Å². The molecule has 1 aliphatic heterocycles. The molecule has 0 fully saturated rings. The summed E-state index contributed by atoms with van der Waals surface area (Å²) in [5.41, 5.74) is 2.50. The van der Waals surface area contributed by atoms with Crippen molar-refractivity contribution >= 4 is 35.6 Å². The summed E-state index contributed by atoms with van der Waals surface area (Å²) >= 11 is 0. The molecule has 3 rings (SSSR count). The Kier molecular flexibility index (Phi) is 6.77. The third-order valence-electron chi connectivity index (χ3n) is 3.70. The molecule has 0 aliphatic carbocycles. The van der Waals surface area contributed by atoms with Crippen LogP contribution < -0.4 is 15.0 Å². The topological polar surface area (TPSA) is 49.8 Å². The molecule has 0 amide bonds. The molecule has 0 saturated carbocycles. The van der Waals surface area contributed by atoms with Crippen molar-refractivity contribution in [2.24, 2.45) is 4.99 Å². The molecule has 0 radical (unpaired) electrons. The third-order valence-corrected chi connectivity index (χ3v) is 3.70. The highest BCUT2D eigenvalue weighted by atomic mass is 127. The third kappa shape index (κ3) is 4.14. The Bertz CT molecular complexity index is 710. The summed E-state index contributed by atoms with van der Waals surface area (Å²) in [6.45, 7) is 1.72. The normalized spacial score (nSPS) is 13.2. The molecule has 1 N–H and O–H groups in total. The van der Waals surface area contributed by atoms with E-state index >= 15 is 0 Å². The van der Waals surface area contributed by atoms with Gasteiger partial charge in [0.05, 0.1) is 6.54 Å². The zero-order valence-corrected chi connectivity index (χ0v) is 15.7. The monoisotopic (exact) mass is 442 g/mol. The van der Waals surface area contributed by atoms with Crippen LogP contribution in [-0.2, 0) is 6.42 Å². The number of benzene rings is 1. The first-order valence-electron chi connectivity index (χ1n) is 7.59. The molecule has 1 aromatic carbocycles. The van der Waals surface area contributed by atoms with Crippen molar-refractivity contribution in [1.82, 2.24) is 10.3 Å². The quantitative estimate of drug-likeness (QED) is 0.343. The van der Waals surface area contributed by atoms with Crippen molar-refractivity contribution in [3.63, 3.8) is 0 Å². The number of para-hydroxylation sites is 1. The number of anilines is 1. The van der Waals surface area contributed by atoms with Crippen LogP contribution in [0, 0.1) is 5.82 Å². The molecule has 128 valence electrons. The summed E-state index contributed by atoms with van der Waals surface area (Å²) in [6.07, 6.45) is 2.51. The number of nitrogens with zero attached hydrogens (tertiary/aromatic N) is 3. The van der Waals surface area contributed by atoms with Gasteiger partial charge in [-0.05, 0) is 30.2 Å². The summed E-state index contributed by atoms with van der Waals surface area (Å²) in [7, 11) is 1.75. The van der Waals surface area contributed by atoms with Crippen molar-refractivity contribution in [3.05, 3.63) is 54.0 Å². The molecule has 0 bridgehead atoms. The van der Waals surface area contributed by atoms with Crippen LogP contribution in [0.25, 0.3) is 0 Å². The Morgan fingerprint density at radius 3 is 2.96 bits per heavy atom. The van der Waals surface area contributed by atoms with E-state index in [4.69, 9.17) is 4.74 Å². The molecular weight excluding hydrogens is 422 g/mol. The average Bonchev–Trinajstić information content (AvgIpc) is 3.00. The zero-order valence-electron chi connectivity index (χ0n) is 13.4. The lowest BCUT2D eigenvalue weighted by Gasteiger charge is -2.22. The van der Waals surface area contributed by atoms with Crippen molar-refractivity contribution < 1.29 is 9.13 Å². The van der Waals surface area contributed by atoms with E-state index < -0.39 is 5.82 Å². The SMILES string of the molecule is CN=C(NCCOc1ncccc1F)N1CCc2ccccc21.I. The van der Waals surface area contributed by atoms with Crippen LogP contribution in [0.3, 0.4) is 0 Å². The number of aromatic nitrogens is 1. The zero-order chi connectivity index (χ0) is 16.1. The molecule has 0 unspecified atom stereocenters. The second kappa shape index (κ2) is 8.81. The van der Waals surface area contributed by atoms with Gasteiger partial charge in [0.1, 0.15) is 6.61 Å². The molecule has 1 aliphatic rings. The number of hydrogen-bond acceptors (Lipinski definition) is 3. The second-order valence-corrected chi connectivity index (χ2v) is 5.14. The first-order chi connectivity index (χ1) is 11.3. The minimum absolute atomic E-state index is 0. The van der Waals surface area contributed by atoms with Crippen LogP contribution in [0.1, 0.15) is 5.56 Å². The molecule has 0 atom stereocenters. The van der Waals surface area contributed by atoms with E-state index in [0.717, 1.165) is 18.9 Å². The Balaban J connectivity index is 0.00000208. The van der Waals surface area contributed by atoms with Crippen molar-refractivity contribution in [2.75, 3.05) is 31.6 Å².